The minimum atomic E-state index is -0.0160. The smallest absolute Gasteiger partial charge is 0.251 e. The second-order valence-electron chi connectivity index (χ2n) is 7.37. The van der Waals surface area contributed by atoms with Crippen molar-refractivity contribution in [2.24, 2.45) is 4.99 Å². The van der Waals surface area contributed by atoms with Crippen LogP contribution in [0.25, 0.3) is 0 Å². The first kappa shape index (κ1) is 19.1. The first-order valence-corrected chi connectivity index (χ1v) is 11.1. The summed E-state index contributed by atoms with van der Waals surface area (Å²) in [5, 5.41) is 3.01. The number of carbonyl (C=O) groups excluding carboxylic acids is 1. The number of hydrogen-bond acceptors (Lipinski definition) is 4. The van der Waals surface area contributed by atoms with Gasteiger partial charge in [-0.25, -0.2) is 4.99 Å². The number of benzene rings is 2. The van der Waals surface area contributed by atoms with Crippen molar-refractivity contribution in [3.63, 3.8) is 0 Å². The molecule has 2 aromatic carbocycles. The molecular weight excluding hydrogens is 366 g/mol. The molecule has 2 heterocycles. The van der Waals surface area contributed by atoms with E-state index in [9.17, 15) is 4.79 Å². The quantitative estimate of drug-likeness (QED) is 0.722. The molecule has 4 nitrogen and oxygen atoms in total. The maximum Gasteiger partial charge on any atom is 0.251 e. The number of nitrogens with one attached hydrogen (secondary N) is 1. The van der Waals surface area contributed by atoms with Gasteiger partial charge in [-0.05, 0) is 49.9 Å². The van der Waals surface area contributed by atoms with Crippen LogP contribution in [0.2, 0.25) is 0 Å². The Hall–Kier alpha value is -2.27. The molecule has 0 aromatic heterocycles. The van der Waals surface area contributed by atoms with E-state index in [1.807, 2.05) is 18.2 Å². The lowest BCUT2D eigenvalue weighted by Crippen LogP contribution is -2.36. The summed E-state index contributed by atoms with van der Waals surface area (Å²) in [4.78, 5) is 22.3. The van der Waals surface area contributed by atoms with E-state index in [-0.39, 0.29) is 5.91 Å². The average molecular weight is 394 g/mol. The van der Waals surface area contributed by atoms with Crippen molar-refractivity contribution < 1.29 is 4.79 Å². The first-order valence-electron chi connectivity index (χ1n) is 10.3. The molecule has 4 rings (SSSR count). The molecule has 1 saturated heterocycles. The molecular formula is C23H27N3OS. The summed E-state index contributed by atoms with van der Waals surface area (Å²) in [6.45, 7) is 4.93. The Bertz CT molecular complexity index is 887. The molecule has 2 aliphatic heterocycles. The Morgan fingerprint density at radius 3 is 2.75 bits per heavy atom. The molecule has 0 aliphatic carbocycles. The van der Waals surface area contributed by atoms with Gasteiger partial charge in [-0.2, -0.15) is 0 Å². The highest BCUT2D eigenvalue weighted by atomic mass is 32.2. The maximum absolute atomic E-state index is 12.5. The summed E-state index contributed by atoms with van der Waals surface area (Å²) in [7, 11) is 0. The van der Waals surface area contributed by atoms with Crippen molar-refractivity contribution in [2.75, 3.05) is 19.6 Å². The van der Waals surface area contributed by atoms with E-state index in [2.05, 4.69) is 41.4 Å². The number of fused-ring (bicyclic) bond motifs is 2. The Kier molecular flexibility index (Phi) is 6.01. The van der Waals surface area contributed by atoms with Gasteiger partial charge in [0.2, 0.25) is 0 Å². The standard InChI is InChI=1S/C23H27N3OS/c1-2-3-13-24-23(27)17-11-12-21-19(16-17)25-22(26-14-7-4-8-15-26)18-9-5-6-10-20(18)28-21/h5-6,9-12,16H,2-4,7-8,13-15H2,1H3,(H,24,27). The second kappa shape index (κ2) is 8.82. The lowest BCUT2D eigenvalue weighted by atomic mass is 10.1. The number of piperidine rings is 1. The van der Waals surface area contributed by atoms with Crippen LogP contribution in [0, 0.1) is 0 Å². The van der Waals surface area contributed by atoms with E-state index in [0.29, 0.717) is 5.56 Å². The summed E-state index contributed by atoms with van der Waals surface area (Å²) < 4.78 is 0. The molecule has 0 bridgehead atoms. The predicted molar refractivity (Wildman–Crippen MR) is 116 cm³/mol. The summed E-state index contributed by atoms with van der Waals surface area (Å²) >= 11 is 1.74. The lowest BCUT2D eigenvalue weighted by molar-refractivity contribution is 0.0953. The van der Waals surface area contributed by atoms with Gasteiger partial charge >= 0.3 is 0 Å². The van der Waals surface area contributed by atoms with E-state index >= 15 is 0 Å². The van der Waals surface area contributed by atoms with Gasteiger partial charge in [-0.15, -0.1) is 0 Å². The zero-order valence-corrected chi connectivity index (χ0v) is 17.2. The fourth-order valence-electron chi connectivity index (χ4n) is 3.69. The Morgan fingerprint density at radius 2 is 1.93 bits per heavy atom. The predicted octanol–water partition coefficient (Wildman–Crippen LogP) is 5.25. The van der Waals surface area contributed by atoms with Crippen LogP contribution in [0.15, 0.2) is 57.2 Å². The summed E-state index contributed by atoms with van der Waals surface area (Å²) in [6, 6.07) is 14.4. The van der Waals surface area contributed by atoms with Gasteiger partial charge in [0.15, 0.2) is 0 Å². The third kappa shape index (κ3) is 4.09. The highest BCUT2D eigenvalue weighted by molar-refractivity contribution is 7.99. The van der Waals surface area contributed by atoms with Crippen LogP contribution >= 0.6 is 11.8 Å². The van der Waals surface area contributed by atoms with E-state index < -0.39 is 0 Å². The van der Waals surface area contributed by atoms with Crippen molar-refractivity contribution in [3.05, 3.63) is 53.6 Å². The molecule has 0 radical (unpaired) electrons. The van der Waals surface area contributed by atoms with Crippen molar-refractivity contribution in [1.82, 2.24) is 10.2 Å². The number of unbranched alkanes of at least 4 members (excludes halogenated alkanes) is 1. The Labute approximate surface area is 171 Å². The van der Waals surface area contributed by atoms with Crippen molar-refractivity contribution in [1.29, 1.82) is 0 Å². The fourth-order valence-corrected chi connectivity index (χ4v) is 4.69. The van der Waals surface area contributed by atoms with E-state index in [4.69, 9.17) is 4.99 Å². The van der Waals surface area contributed by atoms with Gasteiger partial charge in [-0.3, -0.25) is 4.79 Å². The summed E-state index contributed by atoms with van der Waals surface area (Å²) in [6.07, 6.45) is 5.78. The number of amides is 1. The molecule has 1 fully saturated rings. The lowest BCUT2D eigenvalue weighted by Gasteiger charge is -2.30. The van der Waals surface area contributed by atoms with Crippen molar-refractivity contribution in [2.45, 2.75) is 48.8 Å². The van der Waals surface area contributed by atoms with Crippen LogP contribution in [0.5, 0.6) is 0 Å². The molecule has 146 valence electrons. The largest absolute Gasteiger partial charge is 0.356 e. The summed E-state index contributed by atoms with van der Waals surface area (Å²) in [5.41, 5.74) is 2.77. The Morgan fingerprint density at radius 1 is 1.11 bits per heavy atom. The molecule has 0 unspecified atom stereocenters. The van der Waals surface area contributed by atoms with Gasteiger partial charge in [0, 0.05) is 40.6 Å². The minimum absolute atomic E-state index is 0.0160. The fraction of sp³-hybridized carbons (Fsp3) is 0.391. The Balaban J connectivity index is 1.70. The topological polar surface area (TPSA) is 44.7 Å². The molecule has 5 heteroatoms. The van der Waals surface area contributed by atoms with Crippen LogP contribution in [0.1, 0.15) is 54.9 Å². The number of rotatable bonds is 4. The van der Waals surface area contributed by atoms with Gasteiger partial charge < -0.3 is 10.2 Å². The van der Waals surface area contributed by atoms with Crippen molar-refractivity contribution >= 4 is 29.2 Å². The van der Waals surface area contributed by atoms with Crippen LogP contribution < -0.4 is 5.32 Å². The highest BCUT2D eigenvalue weighted by Gasteiger charge is 2.23. The molecule has 2 aromatic rings. The SMILES string of the molecule is CCCCNC(=O)c1ccc2c(c1)N=C(N1CCCCC1)c1ccccc1S2. The number of aliphatic imine (C=N–C) groups is 1. The number of likely N-dealkylation sites (tertiary alicyclic amines) is 1. The number of nitrogens with zero attached hydrogens (tertiary/aromatic N) is 2. The minimum Gasteiger partial charge on any atom is -0.356 e. The van der Waals surface area contributed by atoms with E-state index in [1.54, 1.807) is 11.8 Å². The molecule has 0 spiro atoms. The molecule has 1 N–H and O–H groups in total. The monoisotopic (exact) mass is 393 g/mol. The third-order valence-electron chi connectivity index (χ3n) is 5.27. The molecule has 0 atom stereocenters. The molecule has 2 aliphatic rings. The average Bonchev–Trinajstić information content (AvgIpc) is 2.90. The maximum atomic E-state index is 12.5. The molecule has 1 amide bonds. The van der Waals surface area contributed by atoms with Gasteiger partial charge in [0.05, 0.1) is 5.69 Å². The zero-order valence-electron chi connectivity index (χ0n) is 16.4. The van der Waals surface area contributed by atoms with Gasteiger partial charge in [0.25, 0.3) is 5.91 Å². The van der Waals surface area contributed by atoms with E-state index in [1.165, 1.54) is 29.7 Å². The second-order valence-corrected chi connectivity index (χ2v) is 8.46. The van der Waals surface area contributed by atoms with Crippen molar-refractivity contribution in [3.8, 4) is 0 Å². The molecule has 0 saturated carbocycles. The summed E-state index contributed by atoms with van der Waals surface area (Å²) in [5.74, 6) is 1.03. The van der Waals surface area contributed by atoms with Crippen LogP contribution in [0.3, 0.4) is 0 Å². The third-order valence-corrected chi connectivity index (χ3v) is 6.41. The molecule has 28 heavy (non-hydrogen) atoms. The first-order chi connectivity index (χ1) is 13.8. The number of amidine groups is 1. The zero-order chi connectivity index (χ0) is 19.3. The number of carbonyl (C=O) groups is 1. The van der Waals surface area contributed by atoms with Crippen LogP contribution in [-0.4, -0.2) is 36.3 Å². The van der Waals surface area contributed by atoms with E-state index in [0.717, 1.165) is 48.9 Å². The number of hydrogen-bond donors (Lipinski definition) is 1. The van der Waals surface area contributed by atoms with Gasteiger partial charge in [-0.1, -0.05) is 43.3 Å². The highest BCUT2D eigenvalue weighted by Crippen LogP contribution is 2.41. The van der Waals surface area contributed by atoms with Gasteiger partial charge in [0.1, 0.15) is 5.84 Å². The van der Waals surface area contributed by atoms with Crippen LogP contribution in [-0.2, 0) is 0 Å². The van der Waals surface area contributed by atoms with Crippen LogP contribution in [0.4, 0.5) is 5.69 Å². The normalized spacial score (nSPS) is 15.9.